The molecule has 0 aliphatic rings. The number of rotatable bonds is 5. The molecule has 3 aromatic carbocycles. The van der Waals surface area contributed by atoms with Crippen molar-refractivity contribution in [1.29, 1.82) is 0 Å². The van der Waals surface area contributed by atoms with Gasteiger partial charge in [0.2, 0.25) is 10.0 Å². The first kappa shape index (κ1) is 20.8. The number of benzene rings is 3. The molecule has 0 fully saturated rings. The van der Waals surface area contributed by atoms with Crippen LogP contribution in [0.2, 0.25) is 0 Å². The topological polar surface area (TPSA) is 72.2 Å². The molecule has 27 heavy (non-hydrogen) atoms. The molecule has 0 bridgehead atoms. The number of aryl methyl sites for hydroxylation is 1. The number of hydrogen-bond acceptors (Lipinski definition) is 3. The molecular weight excluding hydrogens is 356 g/mol. The molecule has 1 atom stereocenters. The Bertz CT molecular complexity index is 910. The van der Waals surface area contributed by atoms with Crippen molar-refractivity contribution in [2.75, 3.05) is 7.05 Å². The lowest BCUT2D eigenvalue weighted by Crippen LogP contribution is -2.18. The van der Waals surface area contributed by atoms with E-state index in [1.807, 2.05) is 43.3 Å². The highest BCUT2D eigenvalue weighted by Crippen LogP contribution is 2.15. The van der Waals surface area contributed by atoms with Crippen LogP contribution in [-0.4, -0.2) is 15.5 Å². The molecular formula is C22H26N2O2S. The van der Waals surface area contributed by atoms with E-state index in [1.54, 1.807) is 24.3 Å². The second-order valence-electron chi connectivity index (χ2n) is 6.23. The first-order valence-corrected chi connectivity index (χ1v) is 10.3. The van der Waals surface area contributed by atoms with Crippen molar-refractivity contribution >= 4 is 10.0 Å². The van der Waals surface area contributed by atoms with Crippen LogP contribution in [0.4, 0.5) is 0 Å². The molecule has 1 unspecified atom stereocenters. The summed E-state index contributed by atoms with van der Waals surface area (Å²) >= 11 is 0. The van der Waals surface area contributed by atoms with E-state index in [9.17, 15) is 8.42 Å². The van der Waals surface area contributed by atoms with Crippen LogP contribution in [0, 0.1) is 6.92 Å². The molecule has 142 valence electrons. The van der Waals surface area contributed by atoms with Gasteiger partial charge in [-0.05, 0) is 43.7 Å². The summed E-state index contributed by atoms with van der Waals surface area (Å²) in [6.45, 7) is 1.91. The van der Waals surface area contributed by atoms with Gasteiger partial charge in [-0.25, -0.2) is 13.1 Å². The van der Waals surface area contributed by atoms with Crippen LogP contribution in [0.15, 0.2) is 89.8 Å². The van der Waals surface area contributed by atoms with Crippen LogP contribution in [0.3, 0.4) is 0 Å². The highest BCUT2D eigenvalue weighted by molar-refractivity contribution is 7.89. The van der Waals surface area contributed by atoms with E-state index in [1.165, 1.54) is 18.2 Å². The summed E-state index contributed by atoms with van der Waals surface area (Å²) in [7, 11) is -1.87. The summed E-state index contributed by atoms with van der Waals surface area (Å²) in [5, 5.41) is 0. The summed E-state index contributed by atoms with van der Waals surface area (Å²) in [6.07, 6.45) is 0.894. The monoisotopic (exact) mass is 382 g/mol. The van der Waals surface area contributed by atoms with Gasteiger partial charge in [-0.3, -0.25) is 0 Å². The standard InChI is InChI=1S/C14H15N.C8H11NO2S/c15-14(13-9-5-2-6-10-13)11-12-7-3-1-4-8-12;1-7-3-5-8(6-4-7)12(10,11)9-2/h1-10,14H,11,15H2;3-6,9H,1-2H3. The van der Waals surface area contributed by atoms with Gasteiger partial charge in [0.25, 0.3) is 0 Å². The van der Waals surface area contributed by atoms with Crippen LogP contribution in [-0.2, 0) is 16.4 Å². The Balaban J connectivity index is 0.000000199. The fourth-order valence-corrected chi connectivity index (χ4v) is 3.25. The van der Waals surface area contributed by atoms with Crippen LogP contribution < -0.4 is 10.5 Å². The lowest BCUT2D eigenvalue weighted by atomic mass is 10.00. The average molecular weight is 383 g/mol. The minimum absolute atomic E-state index is 0.0913. The van der Waals surface area contributed by atoms with Crippen LogP contribution >= 0.6 is 0 Å². The predicted molar refractivity (Wildman–Crippen MR) is 111 cm³/mol. The van der Waals surface area contributed by atoms with E-state index < -0.39 is 10.0 Å². The van der Waals surface area contributed by atoms with Crippen molar-refractivity contribution in [3.05, 3.63) is 102 Å². The summed E-state index contributed by atoms with van der Waals surface area (Å²) < 4.78 is 24.7. The summed E-state index contributed by atoms with van der Waals surface area (Å²) in [5.74, 6) is 0. The Kier molecular flexibility index (Phi) is 7.73. The van der Waals surface area contributed by atoms with E-state index in [-0.39, 0.29) is 6.04 Å². The predicted octanol–water partition coefficient (Wildman–Crippen LogP) is 3.83. The molecule has 0 heterocycles. The van der Waals surface area contributed by atoms with Crippen molar-refractivity contribution in [3.63, 3.8) is 0 Å². The molecule has 3 rings (SSSR count). The molecule has 0 aliphatic carbocycles. The molecule has 0 saturated heterocycles. The molecule has 0 amide bonds. The zero-order valence-corrected chi connectivity index (χ0v) is 16.5. The van der Waals surface area contributed by atoms with Gasteiger partial charge in [0, 0.05) is 6.04 Å². The van der Waals surface area contributed by atoms with Crippen molar-refractivity contribution in [2.24, 2.45) is 5.73 Å². The van der Waals surface area contributed by atoms with Crippen LogP contribution in [0.5, 0.6) is 0 Å². The molecule has 5 heteroatoms. The van der Waals surface area contributed by atoms with E-state index >= 15 is 0 Å². The van der Waals surface area contributed by atoms with Crippen molar-refractivity contribution in [3.8, 4) is 0 Å². The Morgan fingerprint density at radius 3 is 1.89 bits per heavy atom. The van der Waals surface area contributed by atoms with Gasteiger partial charge in [-0.2, -0.15) is 0 Å². The quantitative estimate of drug-likeness (QED) is 0.704. The molecule has 0 spiro atoms. The largest absolute Gasteiger partial charge is 0.324 e. The Labute approximate surface area is 162 Å². The number of nitrogens with one attached hydrogen (secondary N) is 1. The third-order valence-corrected chi connectivity index (χ3v) is 5.56. The average Bonchev–Trinajstić information content (AvgIpc) is 2.70. The maximum absolute atomic E-state index is 11.2. The Morgan fingerprint density at radius 2 is 1.37 bits per heavy atom. The van der Waals surface area contributed by atoms with Crippen molar-refractivity contribution in [2.45, 2.75) is 24.3 Å². The summed E-state index contributed by atoms with van der Waals surface area (Å²) in [4.78, 5) is 0.301. The van der Waals surface area contributed by atoms with Crippen molar-refractivity contribution < 1.29 is 8.42 Å². The maximum Gasteiger partial charge on any atom is 0.240 e. The fourth-order valence-electron chi connectivity index (χ4n) is 2.52. The normalized spacial score (nSPS) is 12.0. The van der Waals surface area contributed by atoms with Crippen molar-refractivity contribution in [1.82, 2.24) is 4.72 Å². The van der Waals surface area contributed by atoms with E-state index in [4.69, 9.17) is 5.73 Å². The summed E-state index contributed by atoms with van der Waals surface area (Å²) in [6, 6.07) is 27.4. The first-order chi connectivity index (χ1) is 12.9. The SMILES string of the molecule is CNS(=O)(=O)c1ccc(C)cc1.NC(Cc1ccccc1)c1ccccc1. The van der Waals surface area contributed by atoms with Crippen LogP contribution in [0.25, 0.3) is 0 Å². The highest BCUT2D eigenvalue weighted by Gasteiger charge is 2.09. The van der Waals surface area contributed by atoms with E-state index in [0.717, 1.165) is 12.0 Å². The van der Waals surface area contributed by atoms with Gasteiger partial charge in [0.05, 0.1) is 4.90 Å². The molecule has 0 aromatic heterocycles. The molecule has 3 aromatic rings. The number of hydrogen-bond donors (Lipinski definition) is 2. The Hall–Kier alpha value is -2.47. The highest BCUT2D eigenvalue weighted by atomic mass is 32.2. The smallest absolute Gasteiger partial charge is 0.240 e. The molecule has 4 nitrogen and oxygen atoms in total. The lowest BCUT2D eigenvalue weighted by Gasteiger charge is -2.11. The van der Waals surface area contributed by atoms with Crippen LogP contribution in [0.1, 0.15) is 22.7 Å². The van der Waals surface area contributed by atoms with E-state index in [0.29, 0.717) is 4.90 Å². The van der Waals surface area contributed by atoms with Gasteiger partial charge >= 0.3 is 0 Å². The third-order valence-electron chi connectivity index (χ3n) is 4.13. The minimum atomic E-state index is -3.26. The Morgan fingerprint density at radius 1 is 0.852 bits per heavy atom. The lowest BCUT2D eigenvalue weighted by molar-refractivity contribution is 0.588. The number of sulfonamides is 1. The third kappa shape index (κ3) is 6.64. The first-order valence-electron chi connectivity index (χ1n) is 8.77. The van der Waals surface area contributed by atoms with E-state index in [2.05, 4.69) is 29.0 Å². The second kappa shape index (κ2) is 10.0. The molecule has 0 saturated carbocycles. The zero-order chi connectivity index (χ0) is 19.7. The molecule has 3 N–H and O–H groups in total. The van der Waals surface area contributed by atoms with Gasteiger partial charge < -0.3 is 5.73 Å². The second-order valence-corrected chi connectivity index (χ2v) is 8.11. The fraction of sp³-hybridized carbons (Fsp3) is 0.182. The molecule has 0 aliphatic heterocycles. The molecule has 0 radical (unpaired) electrons. The van der Waals surface area contributed by atoms with Gasteiger partial charge in [0.1, 0.15) is 0 Å². The van der Waals surface area contributed by atoms with Gasteiger partial charge in [-0.15, -0.1) is 0 Å². The number of nitrogens with two attached hydrogens (primary N) is 1. The van der Waals surface area contributed by atoms with Gasteiger partial charge in [-0.1, -0.05) is 78.4 Å². The van der Waals surface area contributed by atoms with Gasteiger partial charge in [0.15, 0.2) is 0 Å². The maximum atomic E-state index is 11.2. The summed E-state index contributed by atoms with van der Waals surface area (Å²) in [5.41, 5.74) is 9.66. The minimum Gasteiger partial charge on any atom is -0.324 e. The zero-order valence-electron chi connectivity index (χ0n) is 15.7.